The lowest BCUT2D eigenvalue weighted by atomic mass is 9.90. The topological polar surface area (TPSA) is 151 Å². The fourth-order valence-electron chi connectivity index (χ4n) is 3.91. The minimum absolute atomic E-state index is 0.0131. The number of urea groups is 1. The Hall–Kier alpha value is -2.81. The molecule has 0 heterocycles. The molecule has 2 fully saturated rings. The van der Waals surface area contributed by atoms with Crippen molar-refractivity contribution in [2.75, 3.05) is 12.4 Å². The summed E-state index contributed by atoms with van der Waals surface area (Å²) in [6, 6.07) is 5.61. The number of nitrogens with two attached hydrogens (primary N) is 1. The quantitative estimate of drug-likeness (QED) is 0.513. The van der Waals surface area contributed by atoms with Crippen molar-refractivity contribution < 1.29 is 29.3 Å². The predicted molar refractivity (Wildman–Crippen MR) is 86.2 cm³/mol. The van der Waals surface area contributed by atoms with Crippen LogP contribution in [0.25, 0.3) is 0 Å². The summed E-state index contributed by atoms with van der Waals surface area (Å²) in [6.07, 6.45) is -0.0131. The van der Waals surface area contributed by atoms with E-state index in [4.69, 9.17) is 10.5 Å². The first-order valence-electron chi connectivity index (χ1n) is 7.75. The molecular formula is C16H19N3O6. The first-order chi connectivity index (χ1) is 11.8. The minimum Gasteiger partial charge on any atom is -0.495 e. The van der Waals surface area contributed by atoms with Crippen molar-refractivity contribution in [3.8, 4) is 5.75 Å². The fraction of sp³-hybridized carbons (Fsp3) is 0.438. The Labute approximate surface area is 143 Å². The molecule has 2 amide bonds. The SMILES string of the molecule is COc1ccccc1NC(=O)N[C@H]1C[C@@](N)(C(=O)O)[C@@H]2[C@@H](C(=O)O)[C@@H]21. The van der Waals surface area contributed by atoms with E-state index < -0.39 is 47.3 Å². The van der Waals surface area contributed by atoms with Gasteiger partial charge in [-0.3, -0.25) is 9.59 Å². The number of amides is 2. The van der Waals surface area contributed by atoms with Crippen LogP contribution in [0.5, 0.6) is 5.75 Å². The number of carboxylic acids is 2. The highest BCUT2D eigenvalue weighted by atomic mass is 16.5. The van der Waals surface area contributed by atoms with Gasteiger partial charge in [0.05, 0.1) is 18.7 Å². The average molecular weight is 349 g/mol. The average Bonchev–Trinajstić information content (AvgIpc) is 3.24. The van der Waals surface area contributed by atoms with Gasteiger partial charge in [-0.15, -0.1) is 0 Å². The molecule has 2 saturated carbocycles. The molecule has 0 bridgehead atoms. The molecule has 6 N–H and O–H groups in total. The third kappa shape index (κ3) is 2.76. The lowest BCUT2D eigenvalue weighted by Gasteiger charge is -2.25. The third-order valence-corrected chi connectivity index (χ3v) is 5.05. The summed E-state index contributed by atoms with van der Waals surface area (Å²) in [6.45, 7) is 0. The van der Waals surface area contributed by atoms with Gasteiger partial charge in [-0.2, -0.15) is 0 Å². The normalized spacial score (nSPS) is 32.4. The van der Waals surface area contributed by atoms with Crippen molar-refractivity contribution in [2.45, 2.75) is 18.0 Å². The Morgan fingerprint density at radius 2 is 1.96 bits per heavy atom. The van der Waals surface area contributed by atoms with E-state index in [0.717, 1.165) is 0 Å². The van der Waals surface area contributed by atoms with E-state index >= 15 is 0 Å². The molecule has 0 aromatic heterocycles. The number of benzene rings is 1. The highest BCUT2D eigenvalue weighted by molar-refractivity contribution is 5.92. The molecule has 0 spiro atoms. The van der Waals surface area contributed by atoms with E-state index in [-0.39, 0.29) is 6.42 Å². The van der Waals surface area contributed by atoms with Crippen LogP contribution in [-0.2, 0) is 9.59 Å². The Balaban J connectivity index is 1.71. The van der Waals surface area contributed by atoms with Crippen LogP contribution >= 0.6 is 0 Å². The minimum atomic E-state index is -1.64. The van der Waals surface area contributed by atoms with Crippen LogP contribution in [0.4, 0.5) is 10.5 Å². The summed E-state index contributed by atoms with van der Waals surface area (Å²) in [7, 11) is 1.47. The standard InChI is InChI=1S/C16H19N3O6/c1-25-9-5-3-2-4-7(9)18-15(24)19-8-6-16(17,14(22)23)12-10(8)11(12)13(20)21/h2-5,8,10-12H,6,17H2,1H3,(H,20,21)(H,22,23)(H2,18,19,24)/t8-,10-,11-,12-,16-/m0/s1. The van der Waals surface area contributed by atoms with Crippen LogP contribution in [-0.4, -0.2) is 46.9 Å². The van der Waals surface area contributed by atoms with Crippen molar-refractivity contribution in [3.63, 3.8) is 0 Å². The monoisotopic (exact) mass is 349 g/mol. The number of carboxylic acid groups (broad SMARTS) is 2. The summed E-state index contributed by atoms with van der Waals surface area (Å²) >= 11 is 0. The molecule has 5 atom stereocenters. The molecule has 0 saturated heterocycles. The van der Waals surface area contributed by atoms with Gasteiger partial charge in [0, 0.05) is 12.0 Å². The first-order valence-corrected chi connectivity index (χ1v) is 7.75. The maximum atomic E-state index is 12.2. The third-order valence-electron chi connectivity index (χ3n) is 5.05. The van der Waals surface area contributed by atoms with E-state index in [0.29, 0.717) is 11.4 Å². The number of rotatable bonds is 5. The Morgan fingerprint density at radius 1 is 1.28 bits per heavy atom. The smallest absolute Gasteiger partial charge is 0.324 e. The van der Waals surface area contributed by atoms with Gasteiger partial charge in [0.1, 0.15) is 11.3 Å². The van der Waals surface area contributed by atoms with E-state index in [1.807, 2.05) is 0 Å². The van der Waals surface area contributed by atoms with E-state index in [9.17, 15) is 24.6 Å². The number of nitrogens with one attached hydrogen (secondary N) is 2. The maximum Gasteiger partial charge on any atom is 0.324 e. The Bertz CT molecular complexity index is 738. The lowest BCUT2D eigenvalue weighted by Crippen LogP contribution is -2.52. The molecule has 9 nitrogen and oxygen atoms in total. The second kappa shape index (κ2) is 5.92. The highest BCUT2D eigenvalue weighted by Gasteiger charge is 2.74. The van der Waals surface area contributed by atoms with Gasteiger partial charge in [-0.05, 0) is 24.5 Å². The largest absolute Gasteiger partial charge is 0.495 e. The van der Waals surface area contributed by atoms with Crippen molar-refractivity contribution in [1.82, 2.24) is 5.32 Å². The highest BCUT2D eigenvalue weighted by Crippen LogP contribution is 2.61. The number of para-hydroxylation sites is 2. The summed E-state index contributed by atoms with van der Waals surface area (Å²) in [5.74, 6) is -3.90. The zero-order valence-electron chi connectivity index (χ0n) is 13.4. The fourth-order valence-corrected chi connectivity index (χ4v) is 3.91. The predicted octanol–water partition coefficient (Wildman–Crippen LogP) is 0.318. The number of methoxy groups -OCH3 is 1. The number of carbonyl (C=O) groups is 3. The summed E-state index contributed by atoms with van der Waals surface area (Å²) in [4.78, 5) is 35.0. The summed E-state index contributed by atoms with van der Waals surface area (Å²) in [5.41, 5.74) is 4.73. The molecule has 2 aliphatic carbocycles. The maximum absolute atomic E-state index is 12.2. The molecule has 0 radical (unpaired) electrons. The molecule has 1 aromatic rings. The van der Waals surface area contributed by atoms with Crippen molar-refractivity contribution in [2.24, 2.45) is 23.5 Å². The lowest BCUT2D eigenvalue weighted by molar-refractivity contribution is -0.145. The number of aliphatic carboxylic acids is 2. The molecule has 0 aliphatic heterocycles. The molecule has 1 aromatic carbocycles. The van der Waals surface area contributed by atoms with Crippen molar-refractivity contribution in [3.05, 3.63) is 24.3 Å². The number of hydrogen-bond acceptors (Lipinski definition) is 5. The molecule has 0 unspecified atom stereocenters. The molecule has 25 heavy (non-hydrogen) atoms. The van der Waals surface area contributed by atoms with Gasteiger partial charge in [-0.25, -0.2) is 4.79 Å². The molecule has 9 heteroatoms. The van der Waals surface area contributed by atoms with Crippen LogP contribution in [0.3, 0.4) is 0 Å². The number of anilines is 1. The summed E-state index contributed by atoms with van der Waals surface area (Å²) < 4.78 is 5.14. The van der Waals surface area contributed by atoms with Gasteiger partial charge in [0.15, 0.2) is 0 Å². The van der Waals surface area contributed by atoms with Crippen LogP contribution < -0.4 is 21.1 Å². The molecule has 3 rings (SSSR count). The van der Waals surface area contributed by atoms with Crippen LogP contribution in [0.2, 0.25) is 0 Å². The zero-order chi connectivity index (χ0) is 18.4. The summed E-state index contributed by atoms with van der Waals surface area (Å²) in [5, 5.41) is 23.9. The number of ether oxygens (including phenoxy) is 1. The zero-order valence-corrected chi connectivity index (χ0v) is 13.4. The van der Waals surface area contributed by atoms with Crippen LogP contribution in [0.1, 0.15) is 6.42 Å². The molecule has 134 valence electrons. The number of fused-ring (bicyclic) bond motifs is 1. The van der Waals surface area contributed by atoms with Gasteiger partial charge >= 0.3 is 18.0 Å². The van der Waals surface area contributed by atoms with Gasteiger partial charge < -0.3 is 31.3 Å². The number of hydrogen-bond donors (Lipinski definition) is 5. The van der Waals surface area contributed by atoms with Gasteiger partial charge in [0.2, 0.25) is 0 Å². The van der Waals surface area contributed by atoms with Gasteiger partial charge in [0.25, 0.3) is 0 Å². The second-order valence-electron chi connectivity index (χ2n) is 6.42. The first kappa shape index (κ1) is 17.0. The Kier molecular flexibility index (Phi) is 4.03. The Morgan fingerprint density at radius 3 is 2.56 bits per heavy atom. The second-order valence-corrected chi connectivity index (χ2v) is 6.42. The van der Waals surface area contributed by atoms with Crippen LogP contribution in [0, 0.1) is 17.8 Å². The number of carbonyl (C=O) groups excluding carboxylic acids is 1. The van der Waals surface area contributed by atoms with Gasteiger partial charge in [-0.1, -0.05) is 12.1 Å². The van der Waals surface area contributed by atoms with Crippen LogP contribution in [0.15, 0.2) is 24.3 Å². The van der Waals surface area contributed by atoms with E-state index in [1.54, 1.807) is 24.3 Å². The van der Waals surface area contributed by atoms with Crippen molar-refractivity contribution >= 4 is 23.7 Å². The molecular weight excluding hydrogens is 330 g/mol. The van der Waals surface area contributed by atoms with E-state index in [1.165, 1.54) is 7.11 Å². The molecule has 2 aliphatic rings. The van der Waals surface area contributed by atoms with E-state index in [2.05, 4.69) is 10.6 Å². The van der Waals surface area contributed by atoms with Crippen molar-refractivity contribution in [1.29, 1.82) is 0 Å².